The summed E-state index contributed by atoms with van der Waals surface area (Å²) >= 11 is 1.69. The number of hydrogen-bond donors (Lipinski definition) is 2. The maximum absolute atomic E-state index is 11.9. The van der Waals surface area contributed by atoms with Crippen LogP contribution in [0.4, 0.5) is 0 Å². The van der Waals surface area contributed by atoms with Gasteiger partial charge in [0.15, 0.2) is 0 Å². The maximum Gasteiger partial charge on any atom is 0.224 e. The fraction of sp³-hybridized carbons (Fsp3) is 0.583. The fourth-order valence-electron chi connectivity index (χ4n) is 1.97. The molecular formula is C12H18N2OS. The lowest BCUT2D eigenvalue weighted by Gasteiger charge is -2.21. The average molecular weight is 238 g/mol. The van der Waals surface area contributed by atoms with Crippen LogP contribution in [0.1, 0.15) is 24.0 Å². The number of rotatable bonds is 3. The molecule has 0 saturated carbocycles. The molecule has 1 amide bonds. The van der Waals surface area contributed by atoms with Gasteiger partial charge in [-0.1, -0.05) is 0 Å². The minimum Gasteiger partial charge on any atom is -0.352 e. The minimum atomic E-state index is 0.160. The Bertz CT molecular complexity index is 356. The van der Waals surface area contributed by atoms with E-state index in [2.05, 4.69) is 28.3 Å². The lowest BCUT2D eigenvalue weighted by Crippen LogP contribution is -2.40. The Balaban J connectivity index is 1.81. The van der Waals surface area contributed by atoms with E-state index in [9.17, 15) is 4.79 Å². The fourth-order valence-corrected chi connectivity index (χ4v) is 2.83. The number of hydrogen-bond acceptors (Lipinski definition) is 3. The van der Waals surface area contributed by atoms with Crippen molar-refractivity contribution in [2.45, 2.75) is 26.3 Å². The van der Waals surface area contributed by atoms with Gasteiger partial charge in [-0.05, 0) is 48.2 Å². The van der Waals surface area contributed by atoms with Gasteiger partial charge < -0.3 is 10.6 Å². The molecule has 1 aromatic rings. The highest BCUT2D eigenvalue weighted by Crippen LogP contribution is 2.14. The van der Waals surface area contributed by atoms with Gasteiger partial charge in [0.05, 0.1) is 5.92 Å². The largest absolute Gasteiger partial charge is 0.352 e. The van der Waals surface area contributed by atoms with Crippen molar-refractivity contribution in [2.24, 2.45) is 5.92 Å². The number of aryl methyl sites for hydroxylation is 1. The molecule has 4 heteroatoms. The van der Waals surface area contributed by atoms with Crippen LogP contribution in [-0.4, -0.2) is 19.0 Å². The summed E-state index contributed by atoms with van der Waals surface area (Å²) in [6.07, 6.45) is 2.12. The molecule has 0 radical (unpaired) electrons. The summed E-state index contributed by atoms with van der Waals surface area (Å²) < 4.78 is 0. The molecule has 1 saturated heterocycles. The van der Waals surface area contributed by atoms with Gasteiger partial charge in [-0.3, -0.25) is 4.79 Å². The third kappa shape index (κ3) is 2.83. The maximum atomic E-state index is 11.9. The normalized spacial score (nSPS) is 20.7. The molecule has 1 aliphatic heterocycles. The predicted octanol–water partition coefficient (Wildman–Crippen LogP) is 1.67. The monoisotopic (exact) mass is 238 g/mol. The van der Waals surface area contributed by atoms with Crippen molar-refractivity contribution >= 4 is 17.2 Å². The smallest absolute Gasteiger partial charge is 0.224 e. The summed E-state index contributed by atoms with van der Waals surface area (Å²) in [6, 6.07) is 0. The van der Waals surface area contributed by atoms with Crippen molar-refractivity contribution in [1.82, 2.24) is 10.6 Å². The Morgan fingerprint density at radius 2 is 2.50 bits per heavy atom. The van der Waals surface area contributed by atoms with E-state index in [1.165, 1.54) is 11.1 Å². The van der Waals surface area contributed by atoms with Crippen LogP contribution < -0.4 is 10.6 Å². The van der Waals surface area contributed by atoms with Gasteiger partial charge in [0.1, 0.15) is 0 Å². The van der Waals surface area contributed by atoms with Crippen LogP contribution in [0.15, 0.2) is 10.8 Å². The lowest BCUT2D eigenvalue weighted by molar-refractivity contribution is -0.125. The molecule has 2 rings (SSSR count). The topological polar surface area (TPSA) is 41.1 Å². The summed E-state index contributed by atoms with van der Waals surface area (Å²) in [5, 5.41) is 10.5. The van der Waals surface area contributed by atoms with Crippen LogP contribution in [0.3, 0.4) is 0 Å². The summed E-state index contributed by atoms with van der Waals surface area (Å²) in [4.78, 5) is 11.9. The summed E-state index contributed by atoms with van der Waals surface area (Å²) in [7, 11) is 0. The number of carbonyl (C=O) groups is 1. The summed E-state index contributed by atoms with van der Waals surface area (Å²) in [5.41, 5.74) is 2.51. The molecule has 1 atom stereocenters. The van der Waals surface area contributed by atoms with E-state index in [4.69, 9.17) is 0 Å². The highest BCUT2D eigenvalue weighted by Gasteiger charge is 2.20. The molecular weight excluding hydrogens is 220 g/mol. The molecule has 0 spiro atoms. The van der Waals surface area contributed by atoms with Crippen LogP contribution in [0, 0.1) is 12.8 Å². The Hall–Kier alpha value is -0.870. The van der Waals surface area contributed by atoms with E-state index in [1.54, 1.807) is 11.3 Å². The zero-order valence-corrected chi connectivity index (χ0v) is 10.4. The van der Waals surface area contributed by atoms with E-state index < -0.39 is 0 Å². The van der Waals surface area contributed by atoms with E-state index in [0.29, 0.717) is 6.54 Å². The summed E-state index contributed by atoms with van der Waals surface area (Å²) in [5.74, 6) is 0.352. The zero-order valence-electron chi connectivity index (χ0n) is 9.58. The molecule has 88 valence electrons. The Morgan fingerprint density at radius 3 is 3.12 bits per heavy atom. The minimum absolute atomic E-state index is 0.160. The van der Waals surface area contributed by atoms with Gasteiger partial charge in [0, 0.05) is 13.1 Å². The molecule has 0 aromatic carbocycles. The van der Waals surface area contributed by atoms with E-state index >= 15 is 0 Å². The van der Waals surface area contributed by atoms with Crippen molar-refractivity contribution in [3.05, 3.63) is 21.9 Å². The molecule has 1 unspecified atom stereocenters. The third-order valence-electron chi connectivity index (χ3n) is 3.08. The molecule has 16 heavy (non-hydrogen) atoms. The molecule has 1 fully saturated rings. The van der Waals surface area contributed by atoms with Crippen LogP contribution in [0.5, 0.6) is 0 Å². The zero-order chi connectivity index (χ0) is 11.4. The number of amides is 1. The number of piperidine rings is 1. The standard InChI is InChI=1S/C12H18N2OS/c1-9-7-16-8-11(9)6-14-12(15)10-3-2-4-13-5-10/h7-8,10,13H,2-6H2,1H3,(H,14,15). The first-order chi connectivity index (χ1) is 7.77. The van der Waals surface area contributed by atoms with Gasteiger partial charge >= 0.3 is 0 Å². The first-order valence-electron chi connectivity index (χ1n) is 5.77. The molecule has 1 aliphatic rings. The molecule has 1 aromatic heterocycles. The SMILES string of the molecule is Cc1cscc1CNC(=O)C1CCCNC1. The van der Waals surface area contributed by atoms with Crippen LogP contribution >= 0.6 is 11.3 Å². The molecule has 3 nitrogen and oxygen atoms in total. The van der Waals surface area contributed by atoms with Crippen molar-refractivity contribution in [2.75, 3.05) is 13.1 Å². The highest BCUT2D eigenvalue weighted by atomic mass is 32.1. The van der Waals surface area contributed by atoms with Gasteiger partial charge in [0.25, 0.3) is 0 Å². The van der Waals surface area contributed by atoms with Gasteiger partial charge in [-0.25, -0.2) is 0 Å². The average Bonchev–Trinajstić information content (AvgIpc) is 2.73. The van der Waals surface area contributed by atoms with Crippen LogP contribution in [-0.2, 0) is 11.3 Å². The van der Waals surface area contributed by atoms with E-state index in [-0.39, 0.29) is 11.8 Å². The van der Waals surface area contributed by atoms with Gasteiger partial charge in [-0.2, -0.15) is 11.3 Å². The second-order valence-electron chi connectivity index (χ2n) is 4.34. The van der Waals surface area contributed by atoms with Gasteiger partial charge in [0.2, 0.25) is 5.91 Å². The first kappa shape index (κ1) is 11.6. The number of thiophene rings is 1. The number of nitrogens with one attached hydrogen (secondary N) is 2. The lowest BCUT2D eigenvalue weighted by atomic mass is 9.99. The van der Waals surface area contributed by atoms with Crippen molar-refractivity contribution < 1.29 is 4.79 Å². The third-order valence-corrected chi connectivity index (χ3v) is 3.99. The highest BCUT2D eigenvalue weighted by molar-refractivity contribution is 7.08. The second-order valence-corrected chi connectivity index (χ2v) is 5.08. The quantitative estimate of drug-likeness (QED) is 0.841. The molecule has 0 aliphatic carbocycles. The molecule has 0 bridgehead atoms. The molecule has 2 N–H and O–H groups in total. The van der Waals surface area contributed by atoms with Crippen LogP contribution in [0.2, 0.25) is 0 Å². The van der Waals surface area contributed by atoms with E-state index in [0.717, 1.165) is 25.9 Å². The van der Waals surface area contributed by atoms with Crippen molar-refractivity contribution in [3.63, 3.8) is 0 Å². The summed E-state index contributed by atoms with van der Waals surface area (Å²) in [6.45, 7) is 4.63. The second kappa shape index (κ2) is 5.46. The van der Waals surface area contributed by atoms with Crippen LogP contribution in [0.25, 0.3) is 0 Å². The Labute approximate surface area is 100 Å². The Morgan fingerprint density at radius 1 is 1.62 bits per heavy atom. The van der Waals surface area contributed by atoms with Crippen molar-refractivity contribution in [1.29, 1.82) is 0 Å². The number of carbonyl (C=O) groups excluding carboxylic acids is 1. The Kier molecular flexibility index (Phi) is 3.96. The van der Waals surface area contributed by atoms with Crippen molar-refractivity contribution in [3.8, 4) is 0 Å². The predicted molar refractivity (Wildman–Crippen MR) is 66.5 cm³/mol. The molecule has 2 heterocycles. The first-order valence-corrected chi connectivity index (χ1v) is 6.72. The van der Waals surface area contributed by atoms with E-state index in [1.807, 2.05) is 0 Å². The van der Waals surface area contributed by atoms with Gasteiger partial charge in [-0.15, -0.1) is 0 Å².